The van der Waals surface area contributed by atoms with E-state index in [1.165, 1.54) is 38.5 Å². The molecule has 0 aromatic heterocycles. The van der Waals surface area contributed by atoms with Gasteiger partial charge in [-0.05, 0) is 84.7 Å². The molecule has 35 heavy (non-hydrogen) atoms. The lowest BCUT2D eigenvalue weighted by atomic mass is 9.47. The Kier molecular flexibility index (Phi) is 5.83. The molecule has 1 heterocycles. The predicted molar refractivity (Wildman–Crippen MR) is 140 cm³/mol. The van der Waals surface area contributed by atoms with Gasteiger partial charge in [0.25, 0.3) is 5.91 Å². The van der Waals surface area contributed by atoms with Gasteiger partial charge in [-0.15, -0.1) is 0 Å². The second-order valence-corrected chi connectivity index (χ2v) is 12.5. The molecule has 7 atom stereocenters. The molecule has 3 aliphatic carbocycles. The van der Waals surface area contributed by atoms with E-state index in [1.807, 2.05) is 19.2 Å². The third-order valence-electron chi connectivity index (χ3n) is 10.8. The number of carbonyl (C=O) groups is 1. The third kappa shape index (κ3) is 3.77. The van der Waals surface area contributed by atoms with Gasteiger partial charge in [-0.2, -0.15) is 0 Å². The van der Waals surface area contributed by atoms with E-state index in [0.29, 0.717) is 17.4 Å². The van der Waals surface area contributed by atoms with Crippen molar-refractivity contribution < 1.29 is 9.53 Å². The van der Waals surface area contributed by atoms with Crippen molar-refractivity contribution in [3.05, 3.63) is 71.8 Å². The molecule has 0 spiro atoms. The first-order chi connectivity index (χ1) is 16.9. The average molecular weight is 472 g/mol. The first-order valence-corrected chi connectivity index (χ1v) is 13.9. The standard InChI is InChI=1S/C32H41NO2/c1-31-19-10-15-25(31)24-16-17-28-32(2,26(24)18-20-31)21-27(30(34)33(28)3)35-29(22-11-6-4-7-12-22)23-13-8-5-9-14-23/h4-9,11-14,24-29H,10,15-21H2,1-3H3/t24-,25-,26-,27?,28+,31-,32+/m0/s1. The van der Waals surface area contributed by atoms with E-state index in [4.69, 9.17) is 4.74 Å². The molecule has 1 saturated heterocycles. The minimum Gasteiger partial charge on any atom is -0.356 e. The van der Waals surface area contributed by atoms with Gasteiger partial charge in [0.15, 0.2) is 0 Å². The van der Waals surface area contributed by atoms with Crippen LogP contribution in [-0.4, -0.2) is 30.0 Å². The van der Waals surface area contributed by atoms with Gasteiger partial charge in [0, 0.05) is 13.1 Å². The Morgan fingerprint density at radius 1 is 0.857 bits per heavy atom. The number of likely N-dealkylation sites (N-methyl/N-ethyl adjacent to an activating group) is 1. The zero-order valence-electron chi connectivity index (χ0n) is 21.7. The number of hydrogen-bond donors (Lipinski definition) is 0. The third-order valence-corrected chi connectivity index (χ3v) is 10.8. The molecule has 3 heteroatoms. The Morgan fingerprint density at radius 3 is 2.17 bits per heavy atom. The van der Waals surface area contributed by atoms with Crippen molar-refractivity contribution in [1.29, 1.82) is 0 Å². The second kappa shape index (κ2) is 8.76. The molecular formula is C32H41NO2. The minimum absolute atomic E-state index is 0.123. The van der Waals surface area contributed by atoms with Crippen molar-refractivity contribution in [2.24, 2.45) is 28.6 Å². The maximum atomic E-state index is 13.7. The summed E-state index contributed by atoms with van der Waals surface area (Å²) in [7, 11) is 2.05. The average Bonchev–Trinajstić information content (AvgIpc) is 3.28. The first kappa shape index (κ1) is 23.3. The first-order valence-electron chi connectivity index (χ1n) is 13.9. The lowest BCUT2D eigenvalue weighted by Crippen LogP contribution is -2.64. The highest BCUT2D eigenvalue weighted by Gasteiger charge is 2.60. The molecule has 6 rings (SSSR count). The fraction of sp³-hybridized carbons (Fsp3) is 0.594. The topological polar surface area (TPSA) is 29.5 Å². The van der Waals surface area contributed by atoms with E-state index in [2.05, 4.69) is 67.3 Å². The molecular weight excluding hydrogens is 430 g/mol. The SMILES string of the molecule is CN1C(=O)C(OC(c2ccccc2)c2ccccc2)C[C@]2(C)[C@H]3CC[C@]4(C)CCC[C@H]4[C@@H]3CC[C@@H]12. The van der Waals surface area contributed by atoms with Crippen LogP contribution in [-0.2, 0) is 9.53 Å². The van der Waals surface area contributed by atoms with Crippen molar-refractivity contribution in [2.75, 3.05) is 7.05 Å². The Bertz CT molecular complexity index is 1010. The Hall–Kier alpha value is -2.13. The summed E-state index contributed by atoms with van der Waals surface area (Å²) in [6, 6.07) is 21.2. The Balaban J connectivity index is 1.31. The number of nitrogens with zero attached hydrogens (tertiary/aromatic N) is 1. The number of rotatable bonds is 4. The number of fused-ring (bicyclic) bond motifs is 5. The van der Waals surface area contributed by atoms with E-state index >= 15 is 0 Å². The summed E-state index contributed by atoms with van der Waals surface area (Å²) in [4.78, 5) is 15.8. The van der Waals surface area contributed by atoms with Gasteiger partial charge in [-0.3, -0.25) is 4.79 Å². The van der Waals surface area contributed by atoms with Gasteiger partial charge < -0.3 is 9.64 Å². The van der Waals surface area contributed by atoms with E-state index in [1.54, 1.807) is 0 Å². The van der Waals surface area contributed by atoms with Crippen LogP contribution in [0.1, 0.15) is 82.4 Å². The highest BCUT2D eigenvalue weighted by molar-refractivity contribution is 5.82. The molecule has 3 saturated carbocycles. The molecule has 0 radical (unpaired) electrons. The normalized spacial score (nSPS) is 38.7. The van der Waals surface area contributed by atoms with E-state index < -0.39 is 6.10 Å². The summed E-state index contributed by atoms with van der Waals surface area (Å²) in [6.45, 7) is 5.08. The van der Waals surface area contributed by atoms with Crippen LogP contribution in [0.4, 0.5) is 0 Å². The minimum atomic E-state index is -0.401. The molecule has 0 bridgehead atoms. The van der Waals surface area contributed by atoms with Gasteiger partial charge in [0.05, 0.1) is 0 Å². The molecule has 1 unspecified atom stereocenters. The fourth-order valence-electron chi connectivity index (χ4n) is 9.10. The number of amides is 1. The summed E-state index contributed by atoms with van der Waals surface area (Å²) < 4.78 is 6.86. The van der Waals surface area contributed by atoms with Crippen LogP contribution in [0.15, 0.2) is 60.7 Å². The predicted octanol–water partition coefficient (Wildman–Crippen LogP) is 7.02. The van der Waals surface area contributed by atoms with Crippen molar-refractivity contribution in [1.82, 2.24) is 4.90 Å². The van der Waals surface area contributed by atoms with Crippen molar-refractivity contribution >= 4 is 5.91 Å². The van der Waals surface area contributed by atoms with Crippen molar-refractivity contribution in [3.8, 4) is 0 Å². The molecule has 1 amide bonds. The number of hydrogen-bond acceptors (Lipinski definition) is 2. The van der Waals surface area contributed by atoms with Crippen LogP contribution < -0.4 is 0 Å². The van der Waals surface area contributed by atoms with Crippen LogP contribution >= 0.6 is 0 Å². The summed E-state index contributed by atoms with van der Waals surface area (Å²) in [5.41, 5.74) is 2.91. The number of piperidine rings is 1. The second-order valence-electron chi connectivity index (χ2n) is 12.5. The summed E-state index contributed by atoms with van der Waals surface area (Å²) in [5, 5.41) is 0. The number of carbonyl (C=O) groups excluding carboxylic acids is 1. The van der Waals surface area contributed by atoms with Gasteiger partial charge in [0.2, 0.25) is 0 Å². The van der Waals surface area contributed by atoms with Crippen LogP contribution in [0.2, 0.25) is 0 Å². The van der Waals surface area contributed by atoms with E-state index in [-0.39, 0.29) is 17.4 Å². The van der Waals surface area contributed by atoms with E-state index in [9.17, 15) is 4.79 Å². The number of benzene rings is 2. The highest BCUT2D eigenvalue weighted by atomic mass is 16.5. The number of ether oxygens (including phenoxy) is 1. The maximum Gasteiger partial charge on any atom is 0.251 e. The van der Waals surface area contributed by atoms with Crippen molar-refractivity contribution in [2.45, 2.75) is 83.5 Å². The van der Waals surface area contributed by atoms with Gasteiger partial charge in [0.1, 0.15) is 12.2 Å². The molecule has 2 aromatic carbocycles. The molecule has 4 fully saturated rings. The molecule has 186 valence electrons. The summed E-state index contributed by atoms with van der Waals surface area (Å²) in [6.07, 6.45) is 9.59. The van der Waals surface area contributed by atoms with Gasteiger partial charge in [-0.25, -0.2) is 0 Å². The highest BCUT2D eigenvalue weighted by Crippen LogP contribution is 2.64. The Labute approximate surface area is 211 Å². The van der Waals surface area contributed by atoms with Gasteiger partial charge in [-0.1, -0.05) is 80.9 Å². The number of likely N-dealkylation sites (tertiary alicyclic amines) is 1. The van der Waals surface area contributed by atoms with Crippen LogP contribution in [0.3, 0.4) is 0 Å². The maximum absolute atomic E-state index is 13.7. The zero-order chi connectivity index (χ0) is 24.2. The van der Waals surface area contributed by atoms with Crippen molar-refractivity contribution in [3.63, 3.8) is 0 Å². The van der Waals surface area contributed by atoms with Crippen LogP contribution in [0.5, 0.6) is 0 Å². The smallest absolute Gasteiger partial charge is 0.251 e. The zero-order valence-corrected chi connectivity index (χ0v) is 21.7. The lowest BCUT2D eigenvalue weighted by molar-refractivity contribution is -0.183. The molecule has 0 N–H and O–H groups in total. The largest absolute Gasteiger partial charge is 0.356 e. The monoisotopic (exact) mass is 471 g/mol. The molecule has 2 aromatic rings. The fourth-order valence-corrected chi connectivity index (χ4v) is 9.10. The van der Waals surface area contributed by atoms with Gasteiger partial charge >= 0.3 is 0 Å². The van der Waals surface area contributed by atoms with E-state index in [0.717, 1.165) is 35.8 Å². The summed E-state index contributed by atoms with van der Waals surface area (Å²) in [5.74, 6) is 2.57. The Morgan fingerprint density at radius 2 is 1.51 bits per heavy atom. The van der Waals surface area contributed by atoms with Crippen LogP contribution in [0.25, 0.3) is 0 Å². The molecule has 1 aliphatic heterocycles. The molecule has 4 aliphatic rings. The quantitative estimate of drug-likeness (QED) is 0.479. The molecule has 3 nitrogen and oxygen atoms in total. The van der Waals surface area contributed by atoms with Crippen LogP contribution in [0, 0.1) is 28.6 Å². The lowest BCUT2D eigenvalue weighted by Gasteiger charge is -2.62. The summed E-state index contributed by atoms with van der Waals surface area (Å²) >= 11 is 0.